The van der Waals surface area contributed by atoms with Crippen LogP contribution in [0.5, 0.6) is 0 Å². The maximum absolute atomic E-state index is 13.2. The van der Waals surface area contributed by atoms with Crippen LogP contribution >= 0.6 is 11.6 Å². The molecule has 0 aliphatic carbocycles. The molecule has 0 aromatic heterocycles. The highest BCUT2D eigenvalue weighted by atomic mass is 35.5. The third kappa shape index (κ3) is 5.51. The summed E-state index contributed by atoms with van der Waals surface area (Å²) in [7, 11) is 0. The molecule has 2 aromatic carbocycles. The van der Waals surface area contributed by atoms with Gasteiger partial charge in [-0.1, -0.05) is 23.7 Å². The molecule has 0 unspecified atom stereocenters. The molecular formula is C16H14ClF2N3O2. The highest BCUT2D eigenvalue weighted by Crippen LogP contribution is 2.18. The lowest BCUT2D eigenvalue weighted by molar-refractivity contribution is -0.115. The van der Waals surface area contributed by atoms with Crippen molar-refractivity contribution in [1.29, 1.82) is 0 Å². The monoisotopic (exact) mass is 353 g/mol. The van der Waals surface area contributed by atoms with Crippen LogP contribution in [0.1, 0.15) is 5.56 Å². The summed E-state index contributed by atoms with van der Waals surface area (Å²) < 4.78 is 26.0. The Morgan fingerprint density at radius 3 is 2.38 bits per heavy atom. The van der Waals surface area contributed by atoms with Gasteiger partial charge in [0.1, 0.15) is 11.6 Å². The Morgan fingerprint density at radius 2 is 1.71 bits per heavy atom. The molecular weight excluding hydrogens is 340 g/mol. The molecule has 0 spiro atoms. The van der Waals surface area contributed by atoms with E-state index in [4.69, 9.17) is 11.6 Å². The van der Waals surface area contributed by atoms with Crippen LogP contribution in [0, 0.1) is 11.6 Å². The maximum Gasteiger partial charge on any atom is 0.315 e. The van der Waals surface area contributed by atoms with Gasteiger partial charge in [0, 0.05) is 12.2 Å². The highest BCUT2D eigenvalue weighted by molar-refractivity contribution is 6.30. The number of carbonyl (C=O) groups excluding carboxylic acids is 2. The van der Waals surface area contributed by atoms with Gasteiger partial charge >= 0.3 is 6.03 Å². The van der Waals surface area contributed by atoms with Crippen molar-refractivity contribution in [2.24, 2.45) is 0 Å². The van der Waals surface area contributed by atoms with Gasteiger partial charge in [-0.25, -0.2) is 13.6 Å². The molecule has 0 saturated carbocycles. The number of nitrogens with one attached hydrogen (secondary N) is 3. The molecule has 3 amide bonds. The molecule has 2 rings (SSSR count). The first-order valence-electron chi connectivity index (χ1n) is 6.95. The molecule has 0 bridgehead atoms. The molecule has 8 heteroatoms. The minimum absolute atomic E-state index is 0.0497. The third-order valence-electron chi connectivity index (χ3n) is 2.98. The number of benzene rings is 2. The molecule has 3 N–H and O–H groups in total. The number of amides is 3. The molecule has 0 radical (unpaired) electrons. The van der Waals surface area contributed by atoms with Crippen LogP contribution in [0.2, 0.25) is 5.02 Å². The summed E-state index contributed by atoms with van der Waals surface area (Å²) in [6, 6.07) is 8.93. The average molecular weight is 354 g/mol. The Labute approximate surface area is 142 Å². The van der Waals surface area contributed by atoms with Gasteiger partial charge in [0.25, 0.3) is 0 Å². The SMILES string of the molecule is O=C(CNC(=O)NCc1ccc(F)cc1)Nc1ccc(Cl)c(F)c1. The quantitative estimate of drug-likeness (QED) is 0.773. The second-order valence-electron chi connectivity index (χ2n) is 4.84. The van der Waals surface area contributed by atoms with Crippen LogP contribution in [-0.4, -0.2) is 18.5 Å². The van der Waals surface area contributed by atoms with Gasteiger partial charge in [0.2, 0.25) is 5.91 Å². The van der Waals surface area contributed by atoms with E-state index in [1.807, 2.05) is 0 Å². The molecule has 0 heterocycles. The lowest BCUT2D eigenvalue weighted by Crippen LogP contribution is -2.39. The van der Waals surface area contributed by atoms with E-state index < -0.39 is 17.8 Å². The predicted octanol–water partition coefficient (Wildman–Crippen LogP) is 3.06. The molecule has 2 aromatic rings. The lowest BCUT2D eigenvalue weighted by Gasteiger charge is -2.09. The van der Waals surface area contributed by atoms with E-state index in [2.05, 4.69) is 16.0 Å². The molecule has 0 aliphatic heterocycles. The van der Waals surface area contributed by atoms with Crippen molar-refractivity contribution in [3.8, 4) is 0 Å². The van der Waals surface area contributed by atoms with Gasteiger partial charge in [0.15, 0.2) is 0 Å². The van der Waals surface area contributed by atoms with E-state index in [9.17, 15) is 18.4 Å². The fourth-order valence-electron chi connectivity index (χ4n) is 1.79. The predicted molar refractivity (Wildman–Crippen MR) is 86.7 cm³/mol. The van der Waals surface area contributed by atoms with E-state index in [0.717, 1.165) is 6.07 Å². The van der Waals surface area contributed by atoms with Crippen LogP contribution < -0.4 is 16.0 Å². The normalized spacial score (nSPS) is 10.1. The molecule has 0 atom stereocenters. The standard InChI is InChI=1S/C16H14ClF2N3O2/c17-13-6-5-12(7-14(13)19)22-15(23)9-21-16(24)20-8-10-1-3-11(18)4-2-10/h1-7H,8-9H2,(H,22,23)(H2,20,21,24). The van der Waals surface area contributed by atoms with Gasteiger partial charge in [-0.3, -0.25) is 4.79 Å². The van der Waals surface area contributed by atoms with Crippen molar-refractivity contribution in [3.05, 3.63) is 64.7 Å². The number of rotatable bonds is 5. The molecule has 0 aliphatic rings. The summed E-state index contributed by atoms with van der Waals surface area (Å²) in [6.45, 7) is -0.102. The van der Waals surface area contributed by atoms with E-state index in [1.165, 1.54) is 36.4 Å². The number of halogens is 3. The number of hydrogen-bond acceptors (Lipinski definition) is 2. The van der Waals surface area contributed by atoms with Crippen LogP contribution in [0.25, 0.3) is 0 Å². The fraction of sp³-hybridized carbons (Fsp3) is 0.125. The summed E-state index contributed by atoms with van der Waals surface area (Å²) in [5.41, 5.74) is 0.947. The number of carbonyl (C=O) groups is 2. The van der Waals surface area contributed by atoms with E-state index >= 15 is 0 Å². The maximum atomic E-state index is 13.2. The zero-order valence-electron chi connectivity index (χ0n) is 12.4. The fourth-order valence-corrected chi connectivity index (χ4v) is 1.90. The average Bonchev–Trinajstić information content (AvgIpc) is 2.56. The van der Waals surface area contributed by atoms with Crippen molar-refractivity contribution >= 4 is 29.2 Å². The molecule has 0 fully saturated rings. The van der Waals surface area contributed by atoms with Gasteiger partial charge < -0.3 is 16.0 Å². The first-order valence-corrected chi connectivity index (χ1v) is 7.33. The molecule has 126 valence electrons. The topological polar surface area (TPSA) is 70.2 Å². The van der Waals surface area contributed by atoms with Crippen molar-refractivity contribution in [3.63, 3.8) is 0 Å². The molecule has 5 nitrogen and oxygen atoms in total. The summed E-state index contributed by atoms with van der Waals surface area (Å²) in [5, 5.41) is 7.25. The van der Waals surface area contributed by atoms with Crippen LogP contribution in [0.3, 0.4) is 0 Å². The zero-order valence-corrected chi connectivity index (χ0v) is 13.2. The van der Waals surface area contributed by atoms with Crippen LogP contribution in [0.4, 0.5) is 19.3 Å². The second kappa shape index (κ2) is 8.26. The van der Waals surface area contributed by atoms with E-state index in [-0.39, 0.29) is 29.6 Å². The minimum atomic E-state index is -0.653. The Kier molecular flexibility index (Phi) is 6.08. The third-order valence-corrected chi connectivity index (χ3v) is 3.29. The van der Waals surface area contributed by atoms with Crippen molar-refractivity contribution in [2.75, 3.05) is 11.9 Å². The summed E-state index contributed by atoms with van der Waals surface area (Å²) >= 11 is 5.54. The van der Waals surface area contributed by atoms with Gasteiger partial charge in [-0.15, -0.1) is 0 Å². The Bertz CT molecular complexity index is 739. The van der Waals surface area contributed by atoms with Crippen LogP contribution in [0.15, 0.2) is 42.5 Å². The Hall–Kier alpha value is -2.67. The van der Waals surface area contributed by atoms with Gasteiger partial charge in [-0.2, -0.15) is 0 Å². The first-order chi connectivity index (χ1) is 11.4. The van der Waals surface area contributed by atoms with E-state index in [0.29, 0.717) is 5.56 Å². The number of anilines is 1. The number of hydrogen-bond donors (Lipinski definition) is 3. The Balaban J connectivity index is 1.73. The van der Waals surface area contributed by atoms with Crippen molar-refractivity contribution in [1.82, 2.24) is 10.6 Å². The van der Waals surface area contributed by atoms with Gasteiger partial charge in [0.05, 0.1) is 11.6 Å². The first kappa shape index (κ1) is 17.7. The van der Waals surface area contributed by atoms with Crippen molar-refractivity contribution < 1.29 is 18.4 Å². The van der Waals surface area contributed by atoms with Crippen molar-refractivity contribution in [2.45, 2.75) is 6.54 Å². The largest absolute Gasteiger partial charge is 0.334 e. The smallest absolute Gasteiger partial charge is 0.315 e. The second-order valence-corrected chi connectivity index (χ2v) is 5.25. The Morgan fingerprint density at radius 1 is 1.00 bits per heavy atom. The zero-order chi connectivity index (χ0) is 17.5. The molecule has 24 heavy (non-hydrogen) atoms. The highest BCUT2D eigenvalue weighted by Gasteiger charge is 2.07. The van der Waals surface area contributed by atoms with Crippen LogP contribution in [-0.2, 0) is 11.3 Å². The number of urea groups is 1. The van der Waals surface area contributed by atoms with E-state index in [1.54, 1.807) is 0 Å². The molecule has 0 saturated heterocycles. The summed E-state index contributed by atoms with van der Waals surface area (Å²) in [5.74, 6) is -1.54. The summed E-state index contributed by atoms with van der Waals surface area (Å²) in [4.78, 5) is 23.3. The lowest BCUT2D eigenvalue weighted by atomic mass is 10.2. The summed E-state index contributed by atoms with van der Waals surface area (Å²) in [6.07, 6.45) is 0. The van der Waals surface area contributed by atoms with Gasteiger partial charge in [-0.05, 0) is 35.9 Å². The minimum Gasteiger partial charge on any atom is -0.334 e.